The smallest absolute Gasteiger partial charge is 0.309 e. The van der Waals surface area contributed by atoms with E-state index in [4.69, 9.17) is 16.3 Å². The van der Waals surface area contributed by atoms with Crippen molar-refractivity contribution in [3.05, 3.63) is 39.9 Å². The predicted molar refractivity (Wildman–Crippen MR) is 71.2 cm³/mol. The topological polar surface area (TPSA) is 26.3 Å². The van der Waals surface area contributed by atoms with Crippen molar-refractivity contribution in [2.45, 2.75) is 27.2 Å². The second-order valence-corrected chi connectivity index (χ2v) is 4.30. The zero-order chi connectivity index (χ0) is 12.8. The highest BCUT2D eigenvalue weighted by atomic mass is 35.5. The monoisotopic (exact) mass is 252 g/mol. The molecule has 1 aromatic carbocycles. The van der Waals surface area contributed by atoms with E-state index in [0.29, 0.717) is 13.0 Å². The largest absolute Gasteiger partial charge is 0.466 e. The lowest BCUT2D eigenvalue weighted by Crippen LogP contribution is -2.01. The van der Waals surface area contributed by atoms with E-state index in [9.17, 15) is 4.79 Å². The minimum absolute atomic E-state index is 0.201. The third-order valence-corrected chi connectivity index (χ3v) is 2.65. The van der Waals surface area contributed by atoms with Crippen LogP contribution < -0.4 is 0 Å². The lowest BCUT2D eigenvalue weighted by molar-refractivity contribution is -0.142. The van der Waals surface area contributed by atoms with Gasteiger partial charge in [-0.25, -0.2) is 0 Å². The summed E-state index contributed by atoms with van der Waals surface area (Å²) in [4.78, 5) is 11.2. The summed E-state index contributed by atoms with van der Waals surface area (Å²) in [7, 11) is 0. The number of hydrogen-bond acceptors (Lipinski definition) is 2. The van der Waals surface area contributed by atoms with Gasteiger partial charge in [-0.1, -0.05) is 23.8 Å². The van der Waals surface area contributed by atoms with E-state index in [1.807, 2.05) is 38.1 Å². The first kappa shape index (κ1) is 13.8. The molecule has 0 aliphatic rings. The highest BCUT2D eigenvalue weighted by Crippen LogP contribution is 2.21. The minimum Gasteiger partial charge on any atom is -0.466 e. The lowest BCUT2D eigenvalue weighted by Gasteiger charge is -2.06. The Morgan fingerprint density at radius 1 is 1.35 bits per heavy atom. The fourth-order valence-corrected chi connectivity index (χ4v) is 2.00. The summed E-state index contributed by atoms with van der Waals surface area (Å²) in [6.07, 6.45) is 4.06. The van der Waals surface area contributed by atoms with E-state index < -0.39 is 0 Å². The standard InChI is InChI=1S/C14H17ClO2/c1-4-17-14(16)7-5-6-13-10(2)8-12(15)9-11(13)3/h5-6,8-9H,4,7H2,1-3H3. The molecule has 0 fully saturated rings. The van der Waals surface area contributed by atoms with Gasteiger partial charge in [0.05, 0.1) is 13.0 Å². The number of ether oxygens (including phenoxy) is 1. The molecular weight excluding hydrogens is 236 g/mol. The van der Waals surface area contributed by atoms with Crippen molar-refractivity contribution >= 4 is 23.6 Å². The number of halogens is 1. The Bertz CT molecular complexity index is 413. The third-order valence-electron chi connectivity index (χ3n) is 2.43. The molecule has 3 heteroatoms. The van der Waals surface area contributed by atoms with Crippen molar-refractivity contribution in [3.8, 4) is 0 Å². The number of rotatable bonds is 4. The Kier molecular flexibility index (Phi) is 5.23. The fraction of sp³-hybridized carbons (Fsp3) is 0.357. The predicted octanol–water partition coefficient (Wildman–Crippen LogP) is 3.92. The van der Waals surface area contributed by atoms with Crippen molar-refractivity contribution in [1.29, 1.82) is 0 Å². The molecule has 1 rings (SSSR count). The van der Waals surface area contributed by atoms with Crippen molar-refractivity contribution < 1.29 is 9.53 Å². The first-order valence-corrected chi connectivity index (χ1v) is 6.01. The van der Waals surface area contributed by atoms with E-state index in [2.05, 4.69) is 0 Å². The average molecular weight is 253 g/mol. The summed E-state index contributed by atoms with van der Waals surface area (Å²) in [6.45, 7) is 6.23. The number of carbonyl (C=O) groups is 1. The summed E-state index contributed by atoms with van der Waals surface area (Å²) in [5.41, 5.74) is 3.32. The molecule has 0 atom stereocenters. The van der Waals surface area contributed by atoms with E-state index in [1.54, 1.807) is 6.92 Å². The van der Waals surface area contributed by atoms with Gasteiger partial charge in [0, 0.05) is 5.02 Å². The molecule has 0 aliphatic carbocycles. The molecule has 0 unspecified atom stereocenters. The molecule has 0 bridgehead atoms. The van der Waals surface area contributed by atoms with Gasteiger partial charge in [-0.15, -0.1) is 0 Å². The molecule has 17 heavy (non-hydrogen) atoms. The fourth-order valence-electron chi connectivity index (χ4n) is 1.68. The van der Waals surface area contributed by atoms with E-state index in [1.165, 1.54) is 0 Å². The molecule has 0 saturated carbocycles. The average Bonchev–Trinajstić information content (AvgIpc) is 2.22. The summed E-state index contributed by atoms with van der Waals surface area (Å²) < 4.78 is 4.85. The normalized spacial score (nSPS) is 10.8. The van der Waals surface area contributed by atoms with Crippen LogP contribution in [-0.2, 0) is 9.53 Å². The zero-order valence-corrected chi connectivity index (χ0v) is 11.2. The Morgan fingerprint density at radius 3 is 2.47 bits per heavy atom. The Hall–Kier alpha value is -1.28. The second kappa shape index (κ2) is 6.45. The van der Waals surface area contributed by atoms with Gasteiger partial charge >= 0.3 is 5.97 Å². The van der Waals surface area contributed by atoms with Crippen LogP contribution in [0.5, 0.6) is 0 Å². The van der Waals surface area contributed by atoms with E-state index >= 15 is 0 Å². The molecule has 92 valence electrons. The van der Waals surface area contributed by atoms with Gasteiger partial charge in [0.1, 0.15) is 0 Å². The molecule has 2 nitrogen and oxygen atoms in total. The third kappa shape index (κ3) is 4.23. The molecule has 1 aromatic rings. The molecule has 0 spiro atoms. The van der Waals surface area contributed by atoms with Crippen LogP contribution >= 0.6 is 11.6 Å². The van der Waals surface area contributed by atoms with Crippen LogP contribution in [0.2, 0.25) is 5.02 Å². The molecule has 0 N–H and O–H groups in total. The molecule has 0 saturated heterocycles. The van der Waals surface area contributed by atoms with Crippen molar-refractivity contribution in [2.75, 3.05) is 6.61 Å². The van der Waals surface area contributed by atoms with Gasteiger partial charge in [0.25, 0.3) is 0 Å². The Balaban J connectivity index is 2.75. The molecule has 0 radical (unpaired) electrons. The van der Waals surface area contributed by atoms with Gasteiger partial charge < -0.3 is 4.74 Å². The van der Waals surface area contributed by atoms with Gasteiger partial charge in [0.2, 0.25) is 0 Å². The number of carbonyl (C=O) groups excluding carboxylic acids is 1. The van der Waals surface area contributed by atoms with Crippen LogP contribution in [0, 0.1) is 13.8 Å². The lowest BCUT2D eigenvalue weighted by atomic mass is 10.0. The van der Waals surface area contributed by atoms with Crippen LogP contribution in [0.3, 0.4) is 0 Å². The number of aryl methyl sites for hydroxylation is 2. The highest BCUT2D eigenvalue weighted by Gasteiger charge is 2.02. The van der Waals surface area contributed by atoms with Gasteiger partial charge in [-0.05, 0) is 49.6 Å². The summed E-state index contributed by atoms with van der Waals surface area (Å²) in [5, 5.41) is 0.738. The molecule has 0 aliphatic heterocycles. The number of esters is 1. The number of hydrogen-bond donors (Lipinski definition) is 0. The van der Waals surface area contributed by atoms with Crippen LogP contribution in [-0.4, -0.2) is 12.6 Å². The minimum atomic E-state index is -0.201. The summed E-state index contributed by atoms with van der Waals surface area (Å²) >= 11 is 5.95. The van der Waals surface area contributed by atoms with E-state index in [0.717, 1.165) is 21.7 Å². The van der Waals surface area contributed by atoms with Crippen molar-refractivity contribution in [3.63, 3.8) is 0 Å². The molecular formula is C14H17ClO2. The highest BCUT2D eigenvalue weighted by molar-refractivity contribution is 6.30. The van der Waals surface area contributed by atoms with Gasteiger partial charge in [0.15, 0.2) is 0 Å². The second-order valence-electron chi connectivity index (χ2n) is 3.86. The molecule has 0 heterocycles. The van der Waals surface area contributed by atoms with Crippen LogP contribution in [0.4, 0.5) is 0 Å². The van der Waals surface area contributed by atoms with E-state index in [-0.39, 0.29) is 5.97 Å². The van der Waals surface area contributed by atoms with Gasteiger partial charge in [-0.2, -0.15) is 0 Å². The Morgan fingerprint density at radius 2 is 1.94 bits per heavy atom. The first-order valence-electron chi connectivity index (χ1n) is 5.63. The Labute approximate surface area is 107 Å². The molecule has 0 aromatic heterocycles. The maximum atomic E-state index is 11.2. The number of benzene rings is 1. The summed E-state index contributed by atoms with van der Waals surface area (Å²) in [6, 6.07) is 3.83. The first-order chi connectivity index (χ1) is 8.04. The maximum Gasteiger partial charge on any atom is 0.309 e. The van der Waals surface area contributed by atoms with Gasteiger partial charge in [-0.3, -0.25) is 4.79 Å². The van der Waals surface area contributed by atoms with Crippen molar-refractivity contribution in [2.24, 2.45) is 0 Å². The van der Waals surface area contributed by atoms with Crippen LogP contribution in [0.25, 0.3) is 6.08 Å². The zero-order valence-electron chi connectivity index (χ0n) is 10.4. The maximum absolute atomic E-state index is 11.2. The van der Waals surface area contributed by atoms with Crippen LogP contribution in [0.1, 0.15) is 30.0 Å². The van der Waals surface area contributed by atoms with Crippen molar-refractivity contribution in [1.82, 2.24) is 0 Å². The SMILES string of the molecule is CCOC(=O)CC=Cc1c(C)cc(Cl)cc1C. The quantitative estimate of drug-likeness (QED) is 0.759. The molecule has 0 amide bonds. The summed E-state index contributed by atoms with van der Waals surface area (Å²) in [5.74, 6) is -0.201. The van der Waals surface area contributed by atoms with Crippen LogP contribution in [0.15, 0.2) is 18.2 Å².